The number of aryl methyl sites for hydroxylation is 1. The van der Waals surface area contributed by atoms with Crippen molar-refractivity contribution in [2.24, 2.45) is 0 Å². The number of ether oxygens (including phenoxy) is 1. The maximum absolute atomic E-state index is 12.1. The lowest BCUT2D eigenvalue weighted by molar-refractivity contribution is 0.0435. The van der Waals surface area contributed by atoms with Gasteiger partial charge in [0, 0.05) is 24.0 Å². The van der Waals surface area contributed by atoms with Crippen LogP contribution in [0.4, 0.5) is 0 Å². The van der Waals surface area contributed by atoms with Crippen molar-refractivity contribution in [3.05, 3.63) is 21.9 Å². The Kier molecular flexibility index (Phi) is 4.07. The molecule has 3 nitrogen and oxygen atoms in total. The van der Waals surface area contributed by atoms with E-state index < -0.39 is 0 Å². The maximum atomic E-state index is 12.1. The first-order valence-corrected chi connectivity index (χ1v) is 7.03. The van der Waals surface area contributed by atoms with Crippen LogP contribution in [0, 0.1) is 6.92 Å². The van der Waals surface area contributed by atoms with E-state index in [9.17, 15) is 4.79 Å². The molecule has 0 aromatic carbocycles. The molecule has 94 valence electrons. The highest BCUT2D eigenvalue weighted by molar-refractivity contribution is 7.13. The molecule has 2 rings (SSSR count). The van der Waals surface area contributed by atoms with Gasteiger partial charge >= 0.3 is 0 Å². The van der Waals surface area contributed by atoms with E-state index in [1.54, 1.807) is 0 Å². The van der Waals surface area contributed by atoms with E-state index in [-0.39, 0.29) is 11.4 Å². The van der Waals surface area contributed by atoms with Crippen LogP contribution < -0.4 is 5.32 Å². The monoisotopic (exact) mass is 273 g/mol. The summed E-state index contributed by atoms with van der Waals surface area (Å²) in [6, 6.07) is 3.81. The molecule has 0 radical (unpaired) electrons. The Balaban J connectivity index is 2.05. The van der Waals surface area contributed by atoms with Crippen LogP contribution in [0.25, 0.3) is 0 Å². The van der Waals surface area contributed by atoms with Crippen LogP contribution in [0.5, 0.6) is 0 Å². The molecule has 1 saturated heterocycles. The first-order valence-electron chi connectivity index (χ1n) is 5.68. The van der Waals surface area contributed by atoms with E-state index in [4.69, 9.17) is 16.3 Å². The van der Waals surface area contributed by atoms with Gasteiger partial charge in [-0.05, 0) is 31.9 Å². The van der Waals surface area contributed by atoms with Crippen molar-refractivity contribution in [2.45, 2.75) is 25.3 Å². The molecule has 0 aliphatic carbocycles. The second kappa shape index (κ2) is 5.38. The van der Waals surface area contributed by atoms with Crippen molar-refractivity contribution in [3.63, 3.8) is 0 Å². The Morgan fingerprint density at radius 1 is 1.53 bits per heavy atom. The zero-order chi connectivity index (χ0) is 12.3. The van der Waals surface area contributed by atoms with Gasteiger partial charge in [0.1, 0.15) is 0 Å². The molecule has 1 aliphatic rings. The van der Waals surface area contributed by atoms with Gasteiger partial charge in [-0.15, -0.1) is 22.9 Å². The minimum atomic E-state index is -0.297. The summed E-state index contributed by atoms with van der Waals surface area (Å²) in [7, 11) is 0. The standard InChI is InChI=1S/C12H16ClNO2S/c1-9-2-3-10(17-9)11(15)14-12(8-13)4-6-16-7-5-12/h2-3H,4-8H2,1H3,(H,14,15). The SMILES string of the molecule is Cc1ccc(C(=O)NC2(CCl)CCOCC2)s1. The molecule has 1 aliphatic heterocycles. The maximum Gasteiger partial charge on any atom is 0.261 e. The fourth-order valence-electron chi connectivity index (χ4n) is 1.91. The van der Waals surface area contributed by atoms with Gasteiger partial charge in [-0.3, -0.25) is 4.79 Å². The van der Waals surface area contributed by atoms with Crippen molar-refractivity contribution in [1.82, 2.24) is 5.32 Å². The van der Waals surface area contributed by atoms with Crippen LogP contribution in [0.3, 0.4) is 0 Å². The third-order valence-electron chi connectivity index (χ3n) is 3.05. The Morgan fingerprint density at radius 3 is 2.76 bits per heavy atom. The zero-order valence-corrected chi connectivity index (χ0v) is 11.4. The zero-order valence-electron chi connectivity index (χ0n) is 9.79. The summed E-state index contributed by atoms with van der Waals surface area (Å²) in [5.41, 5.74) is -0.297. The number of thiophene rings is 1. The van der Waals surface area contributed by atoms with Crippen LogP contribution in [-0.4, -0.2) is 30.5 Å². The molecule has 17 heavy (non-hydrogen) atoms. The average molecular weight is 274 g/mol. The van der Waals surface area contributed by atoms with E-state index in [2.05, 4.69) is 5.32 Å². The first kappa shape index (κ1) is 12.9. The lowest BCUT2D eigenvalue weighted by atomic mass is 9.92. The summed E-state index contributed by atoms with van der Waals surface area (Å²) in [6.07, 6.45) is 1.57. The fraction of sp³-hybridized carbons (Fsp3) is 0.583. The van der Waals surface area contributed by atoms with Crippen molar-refractivity contribution in [2.75, 3.05) is 19.1 Å². The normalized spacial score (nSPS) is 18.9. The Bertz CT molecular complexity index is 399. The van der Waals surface area contributed by atoms with Crippen molar-refractivity contribution in [1.29, 1.82) is 0 Å². The largest absolute Gasteiger partial charge is 0.381 e. The molecule has 0 unspecified atom stereocenters. The van der Waals surface area contributed by atoms with E-state index in [0.717, 1.165) is 22.6 Å². The highest BCUT2D eigenvalue weighted by atomic mass is 35.5. The molecule has 0 bridgehead atoms. The van der Waals surface area contributed by atoms with Gasteiger partial charge < -0.3 is 10.1 Å². The van der Waals surface area contributed by atoms with E-state index in [1.165, 1.54) is 11.3 Å². The summed E-state index contributed by atoms with van der Waals surface area (Å²) in [4.78, 5) is 14.0. The highest BCUT2D eigenvalue weighted by Gasteiger charge is 2.33. The van der Waals surface area contributed by atoms with E-state index >= 15 is 0 Å². The van der Waals surface area contributed by atoms with Gasteiger partial charge in [-0.1, -0.05) is 0 Å². The average Bonchev–Trinajstić information content (AvgIpc) is 2.77. The Morgan fingerprint density at radius 2 is 2.24 bits per heavy atom. The van der Waals surface area contributed by atoms with Crippen LogP contribution in [0.2, 0.25) is 0 Å². The number of nitrogens with one attached hydrogen (secondary N) is 1. The van der Waals surface area contributed by atoms with E-state index in [0.29, 0.717) is 19.1 Å². The quantitative estimate of drug-likeness (QED) is 0.860. The summed E-state index contributed by atoms with van der Waals surface area (Å²) in [5.74, 6) is 0.414. The first-order chi connectivity index (χ1) is 8.15. The minimum absolute atomic E-state index is 0.0225. The number of rotatable bonds is 3. The third-order valence-corrected chi connectivity index (χ3v) is 4.56. The smallest absolute Gasteiger partial charge is 0.261 e. The van der Waals surface area contributed by atoms with Gasteiger partial charge in [0.05, 0.1) is 10.4 Å². The third kappa shape index (κ3) is 3.00. The van der Waals surface area contributed by atoms with Crippen LogP contribution in [0.1, 0.15) is 27.4 Å². The number of alkyl halides is 1. The van der Waals surface area contributed by atoms with Crippen molar-refractivity contribution >= 4 is 28.8 Å². The van der Waals surface area contributed by atoms with Gasteiger partial charge in [0.25, 0.3) is 5.91 Å². The van der Waals surface area contributed by atoms with Gasteiger partial charge in [0.2, 0.25) is 0 Å². The van der Waals surface area contributed by atoms with Crippen LogP contribution in [-0.2, 0) is 4.74 Å². The second-order valence-electron chi connectivity index (χ2n) is 4.39. The molecule has 5 heteroatoms. The molecule has 1 N–H and O–H groups in total. The lowest BCUT2D eigenvalue weighted by Gasteiger charge is -2.36. The molecule has 0 atom stereocenters. The van der Waals surface area contributed by atoms with Gasteiger partial charge in [0.15, 0.2) is 0 Å². The summed E-state index contributed by atoms with van der Waals surface area (Å²) < 4.78 is 5.31. The van der Waals surface area contributed by atoms with Crippen LogP contribution in [0.15, 0.2) is 12.1 Å². The molecule has 1 aromatic heterocycles. The molecule has 0 saturated carbocycles. The Labute approximate surface area is 110 Å². The highest BCUT2D eigenvalue weighted by Crippen LogP contribution is 2.24. The van der Waals surface area contributed by atoms with E-state index in [1.807, 2.05) is 19.1 Å². The second-order valence-corrected chi connectivity index (χ2v) is 5.95. The molecule has 2 heterocycles. The predicted octanol–water partition coefficient (Wildman–Crippen LogP) is 2.57. The number of halogens is 1. The molecule has 1 amide bonds. The number of carbonyl (C=O) groups excluding carboxylic acids is 1. The molecule has 1 aromatic rings. The van der Waals surface area contributed by atoms with Gasteiger partial charge in [-0.2, -0.15) is 0 Å². The van der Waals surface area contributed by atoms with Crippen molar-refractivity contribution < 1.29 is 9.53 Å². The number of hydrogen-bond donors (Lipinski definition) is 1. The summed E-state index contributed by atoms with van der Waals surface area (Å²) in [5, 5.41) is 3.07. The summed E-state index contributed by atoms with van der Waals surface area (Å²) >= 11 is 7.51. The minimum Gasteiger partial charge on any atom is -0.381 e. The molecule has 0 spiro atoms. The molecular weight excluding hydrogens is 258 g/mol. The fourth-order valence-corrected chi connectivity index (χ4v) is 3.01. The molecular formula is C12H16ClNO2S. The van der Waals surface area contributed by atoms with Crippen LogP contribution >= 0.6 is 22.9 Å². The number of amides is 1. The summed E-state index contributed by atoms with van der Waals surface area (Å²) in [6.45, 7) is 3.32. The number of hydrogen-bond acceptors (Lipinski definition) is 3. The Hall–Kier alpha value is -0.580. The lowest BCUT2D eigenvalue weighted by Crippen LogP contribution is -2.53. The predicted molar refractivity (Wildman–Crippen MR) is 70.0 cm³/mol. The number of carbonyl (C=O) groups is 1. The molecule has 1 fully saturated rings. The van der Waals surface area contributed by atoms with Crippen molar-refractivity contribution in [3.8, 4) is 0 Å². The van der Waals surface area contributed by atoms with Gasteiger partial charge in [-0.25, -0.2) is 0 Å². The topological polar surface area (TPSA) is 38.3 Å².